The Morgan fingerprint density at radius 3 is 2.14 bits per heavy atom. The number of furan rings is 1. The minimum atomic E-state index is -3.56. The van der Waals surface area contributed by atoms with Crippen LogP contribution in [-0.2, 0) is 21.2 Å². The highest BCUT2D eigenvalue weighted by atomic mass is 32.2. The van der Waals surface area contributed by atoms with Crippen LogP contribution in [0, 0.1) is 0 Å². The molecule has 3 aromatic rings. The SMILES string of the molecule is CCN(CC)S(=O)(=O)c1ccc([C@@H](C)NC(=O)[C@H](Cc2ccccc2)NC(=O)c2ccco2)cc1. The molecule has 2 atom stereocenters. The van der Waals surface area contributed by atoms with Gasteiger partial charge in [-0.05, 0) is 42.3 Å². The zero-order valence-electron chi connectivity index (χ0n) is 20.1. The fourth-order valence-corrected chi connectivity index (χ4v) is 5.19. The van der Waals surface area contributed by atoms with E-state index in [0.29, 0.717) is 19.5 Å². The monoisotopic (exact) mass is 497 g/mol. The molecule has 0 spiro atoms. The van der Waals surface area contributed by atoms with Crippen molar-refractivity contribution in [2.45, 2.75) is 44.2 Å². The maximum absolute atomic E-state index is 13.2. The number of rotatable bonds is 11. The summed E-state index contributed by atoms with van der Waals surface area (Å²) in [5.41, 5.74) is 1.64. The average molecular weight is 498 g/mol. The van der Waals surface area contributed by atoms with Crippen molar-refractivity contribution < 1.29 is 22.4 Å². The topological polar surface area (TPSA) is 109 Å². The zero-order valence-corrected chi connectivity index (χ0v) is 20.9. The van der Waals surface area contributed by atoms with Crippen LogP contribution in [0.25, 0.3) is 0 Å². The van der Waals surface area contributed by atoms with Gasteiger partial charge in [0.15, 0.2) is 5.76 Å². The van der Waals surface area contributed by atoms with Gasteiger partial charge in [0, 0.05) is 19.5 Å². The molecular weight excluding hydrogens is 466 g/mol. The first-order chi connectivity index (χ1) is 16.8. The van der Waals surface area contributed by atoms with E-state index in [1.165, 1.54) is 16.6 Å². The van der Waals surface area contributed by atoms with Gasteiger partial charge >= 0.3 is 0 Å². The van der Waals surface area contributed by atoms with Crippen LogP contribution in [0.4, 0.5) is 0 Å². The minimum Gasteiger partial charge on any atom is -0.459 e. The molecule has 0 unspecified atom stereocenters. The third-order valence-corrected chi connectivity index (χ3v) is 7.80. The predicted molar refractivity (Wildman–Crippen MR) is 133 cm³/mol. The van der Waals surface area contributed by atoms with E-state index in [-0.39, 0.29) is 16.6 Å². The maximum Gasteiger partial charge on any atom is 0.287 e. The second-order valence-electron chi connectivity index (χ2n) is 8.08. The van der Waals surface area contributed by atoms with Crippen molar-refractivity contribution in [1.29, 1.82) is 0 Å². The molecule has 2 N–H and O–H groups in total. The number of carbonyl (C=O) groups is 2. The van der Waals surface area contributed by atoms with Gasteiger partial charge < -0.3 is 15.1 Å². The molecule has 0 saturated heterocycles. The lowest BCUT2D eigenvalue weighted by Crippen LogP contribution is -2.48. The summed E-state index contributed by atoms with van der Waals surface area (Å²) in [5, 5.41) is 5.68. The van der Waals surface area contributed by atoms with Gasteiger partial charge in [0.1, 0.15) is 6.04 Å². The smallest absolute Gasteiger partial charge is 0.287 e. The molecule has 1 heterocycles. The maximum atomic E-state index is 13.2. The molecule has 0 saturated carbocycles. The second kappa shape index (κ2) is 11.8. The fourth-order valence-electron chi connectivity index (χ4n) is 3.73. The van der Waals surface area contributed by atoms with Gasteiger partial charge in [-0.15, -0.1) is 0 Å². The Hall–Kier alpha value is -3.43. The molecule has 2 aromatic carbocycles. The van der Waals surface area contributed by atoms with E-state index >= 15 is 0 Å². The summed E-state index contributed by atoms with van der Waals surface area (Å²) in [5.74, 6) is -0.722. The first kappa shape index (κ1) is 26.2. The third kappa shape index (κ3) is 6.58. The Kier molecular flexibility index (Phi) is 8.84. The molecule has 0 radical (unpaired) electrons. The molecular formula is C26H31N3O5S. The van der Waals surface area contributed by atoms with Crippen LogP contribution in [0.1, 0.15) is 48.5 Å². The van der Waals surface area contributed by atoms with Crippen molar-refractivity contribution in [3.63, 3.8) is 0 Å². The van der Waals surface area contributed by atoms with Gasteiger partial charge in [-0.2, -0.15) is 4.31 Å². The van der Waals surface area contributed by atoms with Crippen molar-refractivity contribution in [3.8, 4) is 0 Å². The number of carbonyl (C=O) groups excluding carboxylic acids is 2. The molecule has 0 aliphatic carbocycles. The van der Waals surface area contributed by atoms with Crippen LogP contribution in [-0.4, -0.2) is 43.7 Å². The van der Waals surface area contributed by atoms with Crippen molar-refractivity contribution >= 4 is 21.8 Å². The zero-order chi connectivity index (χ0) is 25.4. The Morgan fingerprint density at radius 2 is 1.57 bits per heavy atom. The van der Waals surface area contributed by atoms with Crippen molar-refractivity contribution in [2.24, 2.45) is 0 Å². The van der Waals surface area contributed by atoms with Crippen LogP contribution < -0.4 is 10.6 Å². The van der Waals surface area contributed by atoms with Crippen LogP contribution in [0.2, 0.25) is 0 Å². The Morgan fingerprint density at radius 1 is 0.914 bits per heavy atom. The van der Waals surface area contributed by atoms with Gasteiger partial charge in [-0.3, -0.25) is 9.59 Å². The molecule has 3 rings (SSSR count). The highest BCUT2D eigenvalue weighted by Crippen LogP contribution is 2.20. The molecule has 0 fully saturated rings. The van der Waals surface area contributed by atoms with Crippen LogP contribution in [0.5, 0.6) is 0 Å². The summed E-state index contributed by atoms with van der Waals surface area (Å²) in [7, 11) is -3.56. The van der Waals surface area contributed by atoms with Crippen molar-refractivity contribution in [1.82, 2.24) is 14.9 Å². The number of sulfonamides is 1. The summed E-state index contributed by atoms with van der Waals surface area (Å²) >= 11 is 0. The number of nitrogens with zero attached hydrogens (tertiary/aromatic N) is 1. The molecule has 1 aromatic heterocycles. The number of amides is 2. The van der Waals surface area contributed by atoms with E-state index in [1.54, 1.807) is 51.1 Å². The Labute approximate surface area is 206 Å². The highest BCUT2D eigenvalue weighted by molar-refractivity contribution is 7.89. The van der Waals surface area contributed by atoms with Crippen molar-refractivity contribution in [3.05, 3.63) is 89.9 Å². The quantitative estimate of drug-likeness (QED) is 0.421. The first-order valence-corrected chi connectivity index (χ1v) is 13.0. The van der Waals surface area contributed by atoms with Gasteiger partial charge in [0.25, 0.3) is 5.91 Å². The predicted octanol–water partition coefficient (Wildman–Crippen LogP) is 3.53. The summed E-state index contributed by atoms with van der Waals surface area (Å²) in [6.07, 6.45) is 1.69. The van der Waals surface area contributed by atoms with Gasteiger partial charge in [0.05, 0.1) is 17.2 Å². The van der Waals surface area contributed by atoms with Crippen LogP contribution in [0.15, 0.2) is 82.3 Å². The molecule has 35 heavy (non-hydrogen) atoms. The van der Waals surface area contributed by atoms with Gasteiger partial charge in [-0.1, -0.05) is 56.3 Å². The molecule has 8 nitrogen and oxygen atoms in total. The summed E-state index contributed by atoms with van der Waals surface area (Å²) in [6.45, 7) is 6.17. The number of hydrogen-bond acceptors (Lipinski definition) is 5. The van der Waals surface area contributed by atoms with Gasteiger partial charge in [0.2, 0.25) is 15.9 Å². The number of hydrogen-bond donors (Lipinski definition) is 2. The van der Waals surface area contributed by atoms with E-state index in [2.05, 4.69) is 10.6 Å². The molecule has 0 aliphatic heterocycles. The summed E-state index contributed by atoms with van der Waals surface area (Å²) < 4.78 is 32.0. The van der Waals surface area contributed by atoms with Crippen LogP contribution >= 0.6 is 0 Å². The summed E-state index contributed by atoms with van der Waals surface area (Å²) in [6, 6.07) is 17.8. The molecule has 2 amide bonds. The van der Waals surface area contributed by atoms with Crippen LogP contribution in [0.3, 0.4) is 0 Å². The van der Waals surface area contributed by atoms with Crippen molar-refractivity contribution in [2.75, 3.05) is 13.1 Å². The number of nitrogens with one attached hydrogen (secondary N) is 2. The number of benzene rings is 2. The largest absolute Gasteiger partial charge is 0.459 e. The van der Waals surface area contributed by atoms with E-state index in [9.17, 15) is 18.0 Å². The Bertz CT molecular complexity index is 1210. The highest BCUT2D eigenvalue weighted by Gasteiger charge is 2.25. The van der Waals surface area contributed by atoms with E-state index < -0.39 is 28.0 Å². The van der Waals surface area contributed by atoms with E-state index in [0.717, 1.165) is 11.1 Å². The average Bonchev–Trinajstić information content (AvgIpc) is 3.40. The lowest BCUT2D eigenvalue weighted by atomic mass is 10.0. The molecule has 9 heteroatoms. The minimum absolute atomic E-state index is 0.119. The van der Waals surface area contributed by atoms with Gasteiger partial charge in [-0.25, -0.2) is 8.42 Å². The second-order valence-corrected chi connectivity index (χ2v) is 10.0. The van der Waals surface area contributed by atoms with E-state index in [4.69, 9.17) is 4.42 Å². The lowest BCUT2D eigenvalue weighted by molar-refractivity contribution is -0.123. The molecule has 186 valence electrons. The molecule has 0 aliphatic rings. The summed E-state index contributed by atoms with van der Waals surface area (Å²) in [4.78, 5) is 25.9. The lowest BCUT2D eigenvalue weighted by Gasteiger charge is -2.22. The molecule has 0 bridgehead atoms. The third-order valence-electron chi connectivity index (χ3n) is 5.73. The normalized spacial score (nSPS) is 13.3. The standard InChI is InChI=1S/C26H31N3O5S/c1-4-29(5-2)35(32,33)22-15-13-21(14-16-22)19(3)27-25(30)23(18-20-10-7-6-8-11-20)28-26(31)24-12-9-17-34-24/h6-17,19,23H,4-5,18H2,1-3H3,(H,27,30)(H,28,31)/t19-,23+/m1/s1. The Balaban J connectivity index is 1.74. The first-order valence-electron chi connectivity index (χ1n) is 11.5. The van der Waals surface area contributed by atoms with E-state index in [1.807, 2.05) is 30.3 Å². The fraction of sp³-hybridized carbons (Fsp3) is 0.308.